The van der Waals surface area contributed by atoms with Gasteiger partial charge in [0.2, 0.25) is 0 Å². The number of aromatic nitrogens is 4. The monoisotopic (exact) mass is 330 g/mol. The van der Waals surface area contributed by atoms with Crippen LogP contribution in [-0.2, 0) is 11.8 Å². The average molecular weight is 330 g/mol. The molecule has 3 heterocycles. The minimum absolute atomic E-state index is 0.0552. The number of hydrogen-bond donors (Lipinski definition) is 3. The standard InChI is InChI=1S/C16H22N6O2/c1-22-9-12(15(21-22)10-4-2-5-10)17-16(23)18-14-8-11(19-20-14)13-6-3-7-24-13/h8-10,13H,2-7H2,1H3,(H3,17,18,19,20,23). The van der Waals surface area contributed by atoms with Crippen molar-refractivity contribution in [3.05, 3.63) is 23.7 Å². The molecular weight excluding hydrogens is 308 g/mol. The topological polar surface area (TPSA) is 96.9 Å². The van der Waals surface area contributed by atoms with Gasteiger partial charge in [-0.3, -0.25) is 15.1 Å². The Hall–Kier alpha value is -2.35. The first-order chi connectivity index (χ1) is 11.7. The van der Waals surface area contributed by atoms with Gasteiger partial charge in [0.25, 0.3) is 0 Å². The van der Waals surface area contributed by atoms with Crippen LogP contribution in [0, 0.1) is 0 Å². The van der Waals surface area contributed by atoms with E-state index in [1.165, 1.54) is 6.42 Å². The van der Waals surface area contributed by atoms with E-state index in [-0.39, 0.29) is 12.1 Å². The summed E-state index contributed by atoms with van der Waals surface area (Å²) in [6, 6.07) is 1.51. The van der Waals surface area contributed by atoms with Crippen molar-refractivity contribution in [1.82, 2.24) is 20.0 Å². The van der Waals surface area contributed by atoms with Crippen LogP contribution >= 0.6 is 0 Å². The fourth-order valence-electron chi connectivity index (χ4n) is 3.24. The first-order valence-corrected chi connectivity index (χ1v) is 8.47. The molecule has 0 spiro atoms. The molecule has 8 nitrogen and oxygen atoms in total. The zero-order valence-electron chi connectivity index (χ0n) is 13.7. The van der Waals surface area contributed by atoms with Gasteiger partial charge in [0.15, 0.2) is 5.82 Å². The third kappa shape index (κ3) is 3.01. The Labute approximate surface area is 140 Å². The van der Waals surface area contributed by atoms with Gasteiger partial charge in [0.1, 0.15) is 0 Å². The van der Waals surface area contributed by atoms with Crippen molar-refractivity contribution in [3.63, 3.8) is 0 Å². The summed E-state index contributed by atoms with van der Waals surface area (Å²) < 4.78 is 7.35. The first kappa shape index (κ1) is 15.2. The Kier molecular flexibility index (Phi) is 3.97. The van der Waals surface area contributed by atoms with Crippen LogP contribution in [-0.4, -0.2) is 32.6 Å². The number of hydrogen-bond acceptors (Lipinski definition) is 4. The minimum atomic E-state index is -0.311. The molecule has 1 saturated heterocycles. The van der Waals surface area contributed by atoms with Crippen LogP contribution in [0.2, 0.25) is 0 Å². The van der Waals surface area contributed by atoms with Crippen molar-refractivity contribution in [2.45, 2.75) is 44.1 Å². The molecule has 2 aromatic heterocycles. The van der Waals surface area contributed by atoms with Crippen molar-refractivity contribution in [3.8, 4) is 0 Å². The maximum Gasteiger partial charge on any atom is 0.324 e. The number of amides is 2. The second-order valence-corrected chi connectivity index (χ2v) is 6.52. The molecule has 2 aromatic rings. The van der Waals surface area contributed by atoms with E-state index >= 15 is 0 Å². The normalized spacial score (nSPS) is 20.8. The molecule has 24 heavy (non-hydrogen) atoms. The quantitative estimate of drug-likeness (QED) is 0.803. The number of anilines is 2. The van der Waals surface area contributed by atoms with Gasteiger partial charge >= 0.3 is 6.03 Å². The molecule has 0 aromatic carbocycles. The lowest BCUT2D eigenvalue weighted by molar-refractivity contribution is 0.108. The summed E-state index contributed by atoms with van der Waals surface area (Å²) in [7, 11) is 1.87. The summed E-state index contributed by atoms with van der Waals surface area (Å²) in [6.07, 6.45) is 7.43. The Morgan fingerprint density at radius 3 is 2.92 bits per heavy atom. The fraction of sp³-hybridized carbons (Fsp3) is 0.562. The number of ether oxygens (including phenoxy) is 1. The molecule has 2 amide bonds. The van der Waals surface area contributed by atoms with Gasteiger partial charge in [0, 0.05) is 31.8 Å². The number of nitrogens with zero attached hydrogens (tertiary/aromatic N) is 3. The van der Waals surface area contributed by atoms with Gasteiger partial charge in [0.05, 0.1) is 23.2 Å². The molecule has 0 bridgehead atoms. The van der Waals surface area contributed by atoms with Crippen LogP contribution in [0.1, 0.15) is 55.5 Å². The van der Waals surface area contributed by atoms with Gasteiger partial charge in [-0.1, -0.05) is 6.42 Å². The second kappa shape index (κ2) is 6.27. The molecular formula is C16H22N6O2. The minimum Gasteiger partial charge on any atom is -0.372 e. The van der Waals surface area contributed by atoms with Gasteiger partial charge in [-0.2, -0.15) is 10.2 Å². The van der Waals surface area contributed by atoms with Crippen molar-refractivity contribution in [1.29, 1.82) is 0 Å². The highest BCUT2D eigenvalue weighted by molar-refractivity contribution is 5.99. The molecule has 0 radical (unpaired) electrons. The predicted octanol–water partition coefficient (Wildman–Crippen LogP) is 2.91. The van der Waals surface area contributed by atoms with Crippen LogP contribution in [0.5, 0.6) is 0 Å². The Balaban J connectivity index is 1.40. The molecule has 8 heteroatoms. The first-order valence-electron chi connectivity index (χ1n) is 8.47. The summed E-state index contributed by atoms with van der Waals surface area (Å²) in [5, 5.41) is 17.2. The molecule has 2 fully saturated rings. The molecule has 128 valence electrons. The molecule has 4 rings (SSSR count). The smallest absolute Gasteiger partial charge is 0.324 e. The Morgan fingerprint density at radius 1 is 1.33 bits per heavy atom. The SMILES string of the molecule is Cn1cc(NC(=O)Nc2cc(C3CCCO3)[nH]n2)c(C2CCC2)n1. The van der Waals surface area contributed by atoms with Gasteiger partial charge in [-0.15, -0.1) is 0 Å². The summed E-state index contributed by atoms with van der Waals surface area (Å²) in [5.41, 5.74) is 2.65. The summed E-state index contributed by atoms with van der Waals surface area (Å²) >= 11 is 0. The fourth-order valence-corrected chi connectivity index (χ4v) is 3.24. The lowest BCUT2D eigenvalue weighted by Gasteiger charge is -2.24. The molecule has 1 aliphatic heterocycles. The highest BCUT2D eigenvalue weighted by atomic mass is 16.5. The second-order valence-electron chi connectivity index (χ2n) is 6.52. The van der Waals surface area contributed by atoms with Crippen LogP contribution < -0.4 is 10.6 Å². The average Bonchev–Trinajstić information content (AvgIpc) is 3.18. The van der Waals surface area contributed by atoms with E-state index in [1.54, 1.807) is 4.68 Å². The van der Waals surface area contributed by atoms with E-state index in [1.807, 2.05) is 19.3 Å². The van der Waals surface area contributed by atoms with Crippen molar-refractivity contribution < 1.29 is 9.53 Å². The summed E-state index contributed by atoms with van der Waals surface area (Å²) in [6.45, 7) is 0.776. The molecule has 2 aliphatic rings. The number of carbonyl (C=O) groups excluding carboxylic acids is 1. The van der Waals surface area contributed by atoms with Gasteiger partial charge in [-0.05, 0) is 25.7 Å². The number of nitrogens with one attached hydrogen (secondary N) is 3. The highest BCUT2D eigenvalue weighted by Crippen LogP contribution is 2.38. The Bertz CT molecular complexity index is 727. The van der Waals surface area contributed by atoms with E-state index < -0.39 is 0 Å². The molecule has 1 aliphatic carbocycles. The third-order valence-corrected chi connectivity index (χ3v) is 4.71. The lowest BCUT2D eigenvalue weighted by atomic mass is 9.82. The molecule has 3 N–H and O–H groups in total. The third-order valence-electron chi connectivity index (χ3n) is 4.71. The van der Waals surface area contributed by atoms with E-state index in [2.05, 4.69) is 25.9 Å². The zero-order valence-corrected chi connectivity index (χ0v) is 13.7. The van der Waals surface area contributed by atoms with E-state index in [0.29, 0.717) is 11.7 Å². The highest BCUT2D eigenvalue weighted by Gasteiger charge is 2.26. The number of aromatic amines is 1. The van der Waals surface area contributed by atoms with E-state index in [4.69, 9.17) is 4.74 Å². The maximum absolute atomic E-state index is 12.3. The predicted molar refractivity (Wildman–Crippen MR) is 89.0 cm³/mol. The summed E-state index contributed by atoms with van der Waals surface area (Å²) in [4.78, 5) is 12.3. The van der Waals surface area contributed by atoms with Crippen molar-refractivity contribution in [2.75, 3.05) is 17.2 Å². The van der Waals surface area contributed by atoms with Crippen LogP contribution in [0.25, 0.3) is 0 Å². The van der Waals surface area contributed by atoms with E-state index in [0.717, 1.165) is 49.4 Å². The molecule has 1 unspecified atom stereocenters. The number of urea groups is 1. The number of rotatable bonds is 4. The van der Waals surface area contributed by atoms with Crippen LogP contribution in [0.3, 0.4) is 0 Å². The van der Waals surface area contributed by atoms with Crippen LogP contribution in [0.4, 0.5) is 16.3 Å². The largest absolute Gasteiger partial charge is 0.372 e. The zero-order chi connectivity index (χ0) is 16.5. The molecule has 1 atom stereocenters. The van der Waals surface area contributed by atoms with Gasteiger partial charge in [-0.25, -0.2) is 4.79 Å². The van der Waals surface area contributed by atoms with Crippen molar-refractivity contribution >= 4 is 17.5 Å². The molecule has 1 saturated carbocycles. The lowest BCUT2D eigenvalue weighted by Crippen LogP contribution is -2.21. The van der Waals surface area contributed by atoms with E-state index in [9.17, 15) is 4.79 Å². The number of H-pyrrole nitrogens is 1. The van der Waals surface area contributed by atoms with Crippen LogP contribution in [0.15, 0.2) is 12.3 Å². The summed E-state index contributed by atoms with van der Waals surface area (Å²) in [5.74, 6) is 0.949. The number of carbonyl (C=O) groups is 1. The van der Waals surface area contributed by atoms with Crippen molar-refractivity contribution in [2.24, 2.45) is 7.05 Å². The Morgan fingerprint density at radius 2 is 2.21 bits per heavy atom. The maximum atomic E-state index is 12.3. The number of aryl methyl sites for hydroxylation is 1. The van der Waals surface area contributed by atoms with Gasteiger partial charge < -0.3 is 10.1 Å².